The van der Waals surface area contributed by atoms with Crippen LogP contribution in [0.15, 0.2) is 131 Å². The van der Waals surface area contributed by atoms with E-state index in [2.05, 4.69) is 46.0 Å². The smallest absolute Gasteiger partial charge is 0.264 e. The highest BCUT2D eigenvalue weighted by molar-refractivity contribution is 7.19. The van der Waals surface area contributed by atoms with Crippen molar-refractivity contribution in [3.8, 4) is 11.4 Å². The molecule has 0 unspecified atom stereocenters. The van der Waals surface area contributed by atoms with Gasteiger partial charge in [-0.25, -0.2) is 19.9 Å². The molecule has 6 heterocycles. The summed E-state index contributed by atoms with van der Waals surface area (Å²) >= 11 is 21.9. The molecule has 10 nitrogen and oxygen atoms in total. The minimum absolute atomic E-state index is 0.140. The SMILES string of the molecule is C[C@H](N)c1cc2cccc(Cl)c2c(=O)n1-c1ccccc1.Cc1sc2ncnc(Cl)c2c1C.Cc1sc2ncnc(N[C@@H](C)c3cc4cccc(Cl)c4c(=O)n3-c3ccccc3)c2c1C. The Morgan fingerprint density at radius 2 is 1.03 bits per heavy atom. The molecule has 15 heteroatoms. The molecular formula is C50H43Cl3N8O2S2. The molecule has 65 heavy (non-hydrogen) atoms. The zero-order valence-corrected chi connectivity index (χ0v) is 40.1. The summed E-state index contributed by atoms with van der Waals surface area (Å²) in [4.78, 5) is 48.0. The molecule has 0 aliphatic carbocycles. The van der Waals surface area contributed by atoms with Crippen LogP contribution in [-0.4, -0.2) is 29.1 Å². The minimum atomic E-state index is -0.263. The van der Waals surface area contributed by atoms with E-state index in [-0.39, 0.29) is 23.2 Å². The largest absolute Gasteiger partial charge is 0.361 e. The molecule has 3 N–H and O–H groups in total. The van der Waals surface area contributed by atoms with Crippen LogP contribution in [0.25, 0.3) is 53.4 Å². The highest BCUT2D eigenvalue weighted by atomic mass is 35.5. The second-order valence-corrected chi connectivity index (χ2v) is 19.0. The van der Waals surface area contributed by atoms with Crippen LogP contribution in [0, 0.1) is 27.7 Å². The normalized spacial score (nSPS) is 12.2. The Morgan fingerprint density at radius 3 is 1.54 bits per heavy atom. The molecule has 0 aliphatic heterocycles. The Labute approximate surface area is 398 Å². The third-order valence-electron chi connectivity index (χ3n) is 11.2. The summed E-state index contributed by atoms with van der Waals surface area (Å²) in [5.41, 5.74) is 11.3. The summed E-state index contributed by atoms with van der Waals surface area (Å²) < 4.78 is 3.37. The molecular weight excluding hydrogens is 915 g/mol. The fourth-order valence-corrected chi connectivity index (χ4v) is 10.6. The van der Waals surface area contributed by atoms with Crippen molar-refractivity contribution in [3.05, 3.63) is 190 Å². The molecule has 0 radical (unpaired) electrons. The molecule has 0 bridgehead atoms. The highest BCUT2D eigenvalue weighted by Gasteiger charge is 2.21. The number of aromatic nitrogens is 6. The van der Waals surface area contributed by atoms with Crippen molar-refractivity contribution >= 4 is 105 Å². The molecule has 10 aromatic rings. The fourth-order valence-electron chi connectivity index (χ4n) is 7.73. The van der Waals surface area contributed by atoms with Gasteiger partial charge in [-0.2, -0.15) is 0 Å². The maximum absolute atomic E-state index is 13.6. The Kier molecular flexibility index (Phi) is 13.5. The molecule has 6 aromatic heterocycles. The van der Waals surface area contributed by atoms with Crippen molar-refractivity contribution in [3.63, 3.8) is 0 Å². The molecule has 0 amide bonds. The number of fused-ring (bicyclic) bond motifs is 4. The lowest BCUT2D eigenvalue weighted by Crippen LogP contribution is -2.25. The number of halogens is 3. The first kappa shape index (κ1) is 45.6. The first-order valence-corrected chi connectivity index (χ1v) is 23.4. The van der Waals surface area contributed by atoms with Crippen molar-refractivity contribution in [2.45, 2.75) is 53.6 Å². The van der Waals surface area contributed by atoms with Gasteiger partial charge in [0.05, 0.1) is 37.6 Å². The molecule has 4 aromatic carbocycles. The van der Waals surface area contributed by atoms with Crippen molar-refractivity contribution in [2.24, 2.45) is 5.73 Å². The maximum Gasteiger partial charge on any atom is 0.264 e. The number of thiophene rings is 2. The molecule has 0 fully saturated rings. The van der Waals surface area contributed by atoms with Gasteiger partial charge in [0.15, 0.2) is 0 Å². The topological polar surface area (TPSA) is 134 Å². The zero-order chi connectivity index (χ0) is 46.1. The van der Waals surface area contributed by atoms with E-state index in [1.54, 1.807) is 50.3 Å². The van der Waals surface area contributed by atoms with Gasteiger partial charge in [-0.05, 0) is 112 Å². The number of nitrogens with zero attached hydrogens (tertiary/aromatic N) is 6. The predicted molar refractivity (Wildman–Crippen MR) is 273 cm³/mol. The van der Waals surface area contributed by atoms with E-state index in [1.165, 1.54) is 27.2 Å². The first-order chi connectivity index (χ1) is 31.2. The lowest BCUT2D eigenvalue weighted by atomic mass is 10.1. The molecule has 0 spiro atoms. The van der Waals surface area contributed by atoms with Crippen LogP contribution >= 0.6 is 57.5 Å². The van der Waals surface area contributed by atoms with Crippen molar-refractivity contribution < 1.29 is 0 Å². The second kappa shape index (κ2) is 19.2. The van der Waals surface area contributed by atoms with Crippen molar-refractivity contribution in [1.82, 2.24) is 29.1 Å². The summed E-state index contributed by atoms with van der Waals surface area (Å²) in [6, 6.07) is 33.6. The van der Waals surface area contributed by atoms with Crippen LogP contribution in [0.2, 0.25) is 15.2 Å². The number of aryl methyl sites for hydroxylation is 4. The Morgan fingerprint density at radius 1 is 0.569 bits per heavy atom. The Hall–Kier alpha value is -5.99. The molecule has 10 rings (SSSR count). The summed E-state index contributed by atoms with van der Waals surface area (Å²) in [5, 5.41) is 9.69. The van der Waals surface area contributed by atoms with Gasteiger partial charge in [-0.1, -0.05) is 95.5 Å². The zero-order valence-electron chi connectivity index (χ0n) is 36.2. The van der Waals surface area contributed by atoms with Crippen LogP contribution < -0.4 is 22.2 Å². The van der Waals surface area contributed by atoms with Gasteiger partial charge in [0, 0.05) is 38.6 Å². The van der Waals surface area contributed by atoms with E-state index in [9.17, 15) is 9.59 Å². The standard InChI is InChI=1S/C25H21ClN4OS.C17H15ClN2O.C8H7ClN2S/c1-14-16(3)32-24-21(14)23(27-13-28-24)29-15(2)20-12-17-8-7-11-19(26)22(17)25(31)30(20)18-9-5-4-6-10-18;1-11(19)15-10-12-6-5-9-14(18)16(12)17(21)20(15)13-7-3-2-4-8-13;1-4-5(2)12-8-6(4)7(9)10-3-11-8/h4-13,15H,1-3H3,(H,27,28,29);2-11H,19H2,1H3;3H,1-2H3/t15-;11-;/m00./s1. The second-order valence-electron chi connectivity index (χ2n) is 15.5. The quantitative estimate of drug-likeness (QED) is 0.157. The van der Waals surface area contributed by atoms with Crippen LogP contribution in [0.3, 0.4) is 0 Å². The summed E-state index contributed by atoms with van der Waals surface area (Å²) in [6.07, 6.45) is 3.08. The average Bonchev–Trinajstić information content (AvgIpc) is 3.76. The minimum Gasteiger partial charge on any atom is -0.361 e. The van der Waals surface area contributed by atoms with E-state index in [4.69, 9.17) is 40.5 Å². The lowest BCUT2D eigenvalue weighted by Gasteiger charge is -2.22. The van der Waals surface area contributed by atoms with Gasteiger partial charge < -0.3 is 11.1 Å². The number of anilines is 1. The number of nitrogens with one attached hydrogen (secondary N) is 1. The molecule has 0 saturated carbocycles. The van der Waals surface area contributed by atoms with Gasteiger partial charge in [0.1, 0.15) is 33.3 Å². The van der Waals surface area contributed by atoms with Gasteiger partial charge in [0.25, 0.3) is 11.1 Å². The van der Waals surface area contributed by atoms with E-state index in [0.717, 1.165) is 59.8 Å². The summed E-state index contributed by atoms with van der Waals surface area (Å²) in [7, 11) is 0. The number of rotatable bonds is 6. The van der Waals surface area contributed by atoms with E-state index >= 15 is 0 Å². The summed E-state index contributed by atoms with van der Waals surface area (Å²) in [5.74, 6) is 0.766. The highest BCUT2D eigenvalue weighted by Crippen LogP contribution is 2.35. The average molecular weight is 958 g/mol. The molecule has 0 saturated heterocycles. The van der Waals surface area contributed by atoms with Crippen LogP contribution in [0.5, 0.6) is 0 Å². The van der Waals surface area contributed by atoms with Gasteiger partial charge >= 0.3 is 0 Å². The molecule has 2 atom stereocenters. The Balaban J connectivity index is 0.000000149. The Bertz CT molecular complexity index is 3500. The van der Waals surface area contributed by atoms with Gasteiger partial charge in [0.2, 0.25) is 0 Å². The van der Waals surface area contributed by atoms with Gasteiger partial charge in [-0.3, -0.25) is 18.7 Å². The predicted octanol–water partition coefficient (Wildman–Crippen LogP) is 13.1. The number of para-hydroxylation sites is 2. The monoisotopic (exact) mass is 956 g/mol. The number of nitrogens with two attached hydrogens (primary N) is 1. The van der Waals surface area contributed by atoms with Crippen LogP contribution in [-0.2, 0) is 0 Å². The molecule has 0 aliphatic rings. The first-order valence-electron chi connectivity index (χ1n) is 20.6. The van der Waals surface area contributed by atoms with E-state index < -0.39 is 0 Å². The fraction of sp³-hybridized carbons (Fsp3) is 0.160. The van der Waals surface area contributed by atoms with Crippen molar-refractivity contribution in [2.75, 3.05) is 5.32 Å². The maximum atomic E-state index is 13.6. The van der Waals surface area contributed by atoms with Gasteiger partial charge in [-0.15, -0.1) is 22.7 Å². The number of benzene rings is 4. The molecule has 328 valence electrons. The number of hydrogen-bond donors (Lipinski definition) is 2. The summed E-state index contributed by atoms with van der Waals surface area (Å²) in [6.45, 7) is 12.2. The third kappa shape index (κ3) is 9.02. The number of pyridine rings is 2. The third-order valence-corrected chi connectivity index (χ3v) is 14.4. The van der Waals surface area contributed by atoms with E-state index in [1.807, 2.05) is 118 Å². The number of hydrogen-bond acceptors (Lipinski definition) is 10. The lowest BCUT2D eigenvalue weighted by molar-refractivity contribution is 0.734. The van der Waals surface area contributed by atoms with Crippen LogP contribution in [0.1, 0.15) is 58.2 Å². The van der Waals surface area contributed by atoms with E-state index in [0.29, 0.717) is 26.0 Å². The van der Waals surface area contributed by atoms with Crippen LogP contribution in [0.4, 0.5) is 5.82 Å². The van der Waals surface area contributed by atoms with Crippen molar-refractivity contribution in [1.29, 1.82) is 0 Å².